The maximum atomic E-state index is 12.1. The van der Waals surface area contributed by atoms with Crippen LogP contribution in [0.5, 0.6) is 0 Å². The molecule has 114 valence electrons. The zero-order valence-corrected chi connectivity index (χ0v) is 12.8. The molecule has 0 fully saturated rings. The molecule has 0 saturated heterocycles. The van der Waals surface area contributed by atoms with E-state index in [2.05, 4.69) is 20.9 Å². The molecule has 0 atom stereocenters. The van der Waals surface area contributed by atoms with Gasteiger partial charge in [-0.15, -0.1) is 0 Å². The SMILES string of the molecule is CN(Cc1ccc(C#N)cc1)Cc1nc2ccccc2c(=O)[nH]1. The average Bonchev–Trinajstić information content (AvgIpc) is 2.55. The van der Waals surface area contributed by atoms with E-state index in [0.29, 0.717) is 35.4 Å². The van der Waals surface area contributed by atoms with E-state index in [0.717, 1.165) is 5.56 Å². The number of hydrogen-bond acceptors (Lipinski definition) is 4. The molecule has 0 saturated carbocycles. The number of hydrogen-bond donors (Lipinski definition) is 1. The molecule has 23 heavy (non-hydrogen) atoms. The first-order valence-corrected chi connectivity index (χ1v) is 7.31. The summed E-state index contributed by atoms with van der Waals surface area (Å²) in [7, 11) is 1.97. The number of benzene rings is 2. The Hall–Kier alpha value is -2.97. The van der Waals surface area contributed by atoms with Crippen molar-refractivity contribution in [2.45, 2.75) is 13.1 Å². The quantitative estimate of drug-likeness (QED) is 0.803. The van der Waals surface area contributed by atoms with Crippen molar-refractivity contribution < 1.29 is 0 Å². The highest BCUT2D eigenvalue weighted by Gasteiger charge is 2.07. The van der Waals surface area contributed by atoms with Crippen LogP contribution >= 0.6 is 0 Å². The fourth-order valence-electron chi connectivity index (χ4n) is 2.52. The zero-order chi connectivity index (χ0) is 16.2. The van der Waals surface area contributed by atoms with Gasteiger partial charge in [-0.2, -0.15) is 5.26 Å². The van der Waals surface area contributed by atoms with Crippen LogP contribution in [0.25, 0.3) is 10.9 Å². The minimum Gasteiger partial charge on any atom is -0.309 e. The van der Waals surface area contributed by atoms with E-state index in [1.807, 2.05) is 37.4 Å². The van der Waals surface area contributed by atoms with Crippen molar-refractivity contribution in [2.24, 2.45) is 0 Å². The van der Waals surface area contributed by atoms with Gasteiger partial charge in [-0.3, -0.25) is 9.69 Å². The van der Waals surface area contributed by atoms with Gasteiger partial charge in [0, 0.05) is 6.54 Å². The van der Waals surface area contributed by atoms with Crippen LogP contribution in [0, 0.1) is 11.3 Å². The minimum absolute atomic E-state index is 0.114. The van der Waals surface area contributed by atoms with Gasteiger partial charge in [-0.25, -0.2) is 4.98 Å². The lowest BCUT2D eigenvalue weighted by atomic mass is 10.1. The Morgan fingerprint density at radius 3 is 2.61 bits per heavy atom. The van der Waals surface area contributed by atoms with Gasteiger partial charge in [-0.05, 0) is 36.9 Å². The van der Waals surface area contributed by atoms with Crippen molar-refractivity contribution in [3.05, 3.63) is 75.8 Å². The van der Waals surface area contributed by atoms with Crippen LogP contribution in [0.15, 0.2) is 53.3 Å². The highest BCUT2D eigenvalue weighted by atomic mass is 16.1. The Kier molecular flexibility index (Phi) is 4.18. The summed E-state index contributed by atoms with van der Waals surface area (Å²) in [5.41, 5.74) is 2.35. The highest BCUT2D eigenvalue weighted by molar-refractivity contribution is 5.77. The first-order valence-electron chi connectivity index (χ1n) is 7.31. The van der Waals surface area contributed by atoms with Crippen LogP contribution in [0.3, 0.4) is 0 Å². The molecule has 3 rings (SSSR count). The summed E-state index contributed by atoms with van der Waals surface area (Å²) in [6, 6.07) is 16.9. The molecule has 0 spiro atoms. The second kappa shape index (κ2) is 6.42. The molecule has 0 amide bonds. The fourth-order valence-corrected chi connectivity index (χ4v) is 2.52. The van der Waals surface area contributed by atoms with E-state index in [1.165, 1.54) is 0 Å². The van der Waals surface area contributed by atoms with Crippen LogP contribution in [0.1, 0.15) is 17.0 Å². The largest absolute Gasteiger partial charge is 0.309 e. The van der Waals surface area contributed by atoms with Crippen molar-refractivity contribution in [3.8, 4) is 6.07 Å². The van der Waals surface area contributed by atoms with E-state index < -0.39 is 0 Å². The first kappa shape index (κ1) is 14.9. The molecule has 0 unspecified atom stereocenters. The lowest BCUT2D eigenvalue weighted by molar-refractivity contribution is 0.310. The minimum atomic E-state index is -0.114. The number of nitrogens with zero attached hydrogens (tertiary/aromatic N) is 3. The topological polar surface area (TPSA) is 72.8 Å². The fraction of sp³-hybridized carbons (Fsp3) is 0.167. The van der Waals surface area contributed by atoms with Crippen molar-refractivity contribution in [3.63, 3.8) is 0 Å². The summed E-state index contributed by atoms with van der Waals surface area (Å²) in [5, 5.41) is 9.42. The molecule has 5 nitrogen and oxygen atoms in total. The molecule has 0 aliphatic carbocycles. The lowest BCUT2D eigenvalue weighted by Crippen LogP contribution is -2.21. The molecule has 0 aliphatic heterocycles. The van der Waals surface area contributed by atoms with Gasteiger partial charge in [0.25, 0.3) is 5.56 Å². The third-order valence-electron chi connectivity index (χ3n) is 3.62. The lowest BCUT2D eigenvalue weighted by Gasteiger charge is -2.16. The third kappa shape index (κ3) is 3.44. The molecule has 5 heteroatoms. The maximum Gasteiger partial charge on any atom is 0.258 e. The van der Waals surface area contributed by atoms with Gasteiger partial charge in [0.15, 0.2) is 0 Å². The number of H-pyrrole nitrogens is 1. The van der Waals surface area contributed by atoms with E-state index in [4.69, 9.17) is 5.26 Å². The molecular formula is C18H16N4O. The first-order chi connectivity index (χ1) is 11.2. The summed E-state index contributed by atoms with van der Waals surface area (Å²) in [6.45, 7) is 1.25. The van der Waals surface area contributed by atoms with E-state index in [-0.39, 0.29) is 5.56 Å². The summed E-state index contributed by atoms with van der Waals surface area (Å²) >= 11 is 0. The van der Waals surface area contributed by atoms with Crippen molar-refractivity contribution >= 4 is 10.9 Å². The Bertz CT molecular complexity index is 922. The number of rotatable bonds is 4. The maximum absolute atomic E-state index is 12.1. The molecule has 3 aromatic rings. The van der Waals surface area contributed by atoms with Crippen LogP contribution in [-0.4, -0.2) is 21.9 Å². The monoisotopic (exact) mass is 304 g/mol. The van der Waals surface area contributed by atoms with Crippen LogP contribution in [-0.2, 0) is 13.1 Å². The molecule has 0 aliphatic rings. The summed E-state index contributed by atoms with van der Waals surface area (Å²) < 4.78 is 0. The molecular weight excluding hydrogens is 288 g/mol. The molecule has 1 N–H and O–H groups in total. The Morgan fingerprint density at radius 1 is 1.13 bits per heavy atom. The number of aromatic nitrogens is 2. The summed E-state index contributed by atoms with van der Waals surface area (Å²) in [5.74, 6) is 0.643. The van der Waals surface area contributed by atoms with Gasteiger partial charge >= 0.3 is 0 Å². The van der Waals surface area contributed by atoms with Crippen LogP contribution in [0.2, 0.25) is 0 Å². The summed E-state index contributed by atoms with van der Waals surface area (Å²) in [4.78, 5) is 21.5. The van der Waals surface area contributed by atoms with E-state index in [9.17, 15) is 4.79 Å². The molecule has 1 heterocycles. The van der Waals surface area contributed by atoms with Gasteiger partial charge in [0.2, 0.25) is 0 Å². The van der Waals surface area contributed by atoms with E-state index >= 15 is 0 Å². The standard InChI is InChI=1S/C18H16N4O/c1-22(11-14-8-6-13(10-19)7-9-14)12-17-20-16-5-3-2-4-15(16)18(23)21-17/h2-9H,11-12H2,1H3,(H,20,21,23). The Labute approximate surface area is 133 Å². The smallest absolute Gasteiger partial charge is 0.258 e. The summed E-state index contributed by atoms with van der Waals surface area (Å²) in [6.07, 6.45) is 0. The predicted molar refractivity (Wildman–Crippen MR) is 88.7 cm³/mol. The molecule has 2 aromatic carbocycles. The second-order valence-electron chi connectivity index (χ2n) is 5.51. The third-order valence-corrected chi connectivity index (χ3v) is 3.62. The van der Waals surface area contributed by atoms with Crippen molar-refractivity contribution in [2.75, 3.05) is 7.05 Å². The molecule has 0 bridgehead atoms. The van der Waals surface area contributed by atoms with Gasteiger partial charge in [0.1, 0.15) is 5.82 Å². The average molecular weight is 304 g/mol. The predicted octanol–water partition coefficient (Wildman–Crippen LogP) is 2.43. The normalized spacial score (nSPS) is 10.8. The van der Waals surface area contributed by atoms with Crippen molar-refractivity contribution in [1.82, 2.24) is 14.9 Å². The molecule has 1 aromatic heterocycles. The van der Waals surface area contributed by atoms with Crippen LogP contribution in [0.4, 0.5) is 0 Å². The number of para-hydroxylation sites is 1. The number of aromatic amines is 1. The second-order valence-corrected chi connectivity index (χ2v) is 5.51. The van der Waals surface area contributed by atoms with Gasteiger partial charge in [-0.1, -0.05) is 24.3 Å². The van der Waals surface area contributed by atoms with Gasteiger partial charge in [0.05, 0.1) is 29.1 Å². The van der Waals surface area contributed by atoms with E-state index in [1.54, 1.807) is 18.2 Å². The Balaban J connectivity index is 1.75. The highest BCUT2D eigenvalue weighted by Crippen LogP contribution is 2.09. The van der Waals surface area contributed by atoms with Crippen LogP contribution < -0.4 is 5.56 Å². The number of fused-ring (bicyclic) bond motifs is 1. The number of nitriles is 1. The zero-order valence-electron chi connectivity index (χ0n) is 12.8. The molecule has 0 radical (unpaired) electrons. The van der Waals surface area contributed by atoms with Crippen molar-refractivity contribution in [1.29, 1.82) is 5.26 Å². The number of nitrogens with one attached hydrogen (secondary N) is 1. The Morgan fingerprint density at radius 2 is 1.87 bits per heavy atom. The van der Waals surface area contributed by atoms with Gasteiger partial charge < -0.3 is 4.98 Å².